The lowest BCUT2D eigenvalue weighted by Gasteiger charge is -2.29. The number of carbonyl (C=O) groups is 1. The van der Waals surface area contributed by atoms with Gasteiger partial charge in [0, 0.05) is 0 Å². The number of hydrogen-bond acceptors (Lipinski definition) is 1. The maximum atomic E-state index is 10.2. The zero-order valence-electron chi connectivity index (χ0n) is 8.50. The summed E-state index contributed by atoms with van der Waals surface area (Å²) in [4.78, 5) is 10.2. The first kappa shape index (κ1) is 9.97. The van der Waals surface area contributed by atoms with Crippen LogP contribution >= 0.6 is 0 Å². The van der Waals surface area contributed by atoms with Gasteiger partial charge in [-0.15, -0.1) is 0 Å². The van der Waals surface area contributed by atoms with Crippen molar-refractivity contribution in [1.82, 2.24) is 0 Å². The second kappa shape index (κ2) is 3.73. The minimum Gasteiger partial charge on any atom is -0.299 e. The molecule has 1 heteroatoms. The lowest BCUT2D eigenvalue weighted by molar-refractivity contribution is -0.104. The molecule has 1 aliphatic rings. The molecule has 1 aliphatic carbocycles. The SMILES string of the molecule is CC1=C(/C=C/C=O)C(C)(C)CC=C1. The predicted molar refractivity (Wildman–Crippen MR) is 55.4 cm³/mol. The average Bonchev–Trinajstić information content (AvgIpc) is 2.02. The fraction of sp³-hybridized carbons (Fsp3) is 0.417. The highest BCUT2D eigenvalue weighted by atomic mass is 16.1. The van der Waals surface area contributed by atoms with E-state index in [1.54, 1.807) is 6.08 Å². The maximum absolute atomic E-state index is 10.2. The van der Waals surface area contributed by atoms with Crippen LogP contribution in [0.15, 0.2) is 35.5 Å². The first-order chi connectivity index (χ1) is 6.08. The van der Waals surface area contributed by atoms with Crippen molar-refractivity contribution in [3.8, 4) is 0 Å². The molecule has 0 aromatic carbocycles. The van der Waals surface area contributed by atoms with Gasteiger partial charge in [-0.25, -0.2) is 0 Å². The molecule has 0 aromatic rings. The Hall–Kier alpha value is -1.11. The van der Waals surface area contributed by atoms with Crippen molar-refractivity contribution in [3.63, 3.8) is 0 Å². The second-order valence-corrected chi connectivity index (χ2v) is 4.08. The minimum absolute atomic E-state index is 0.165. The lowest BCUT2D eigenvalue weighted by Crippen LogP contribution is -2.16. The van der Waals surface area contributed by atoms with E-state index in [1.807, 2.05) is 6.08 Å². The molecule has 0 bridgehead atoms. The molecule has 0 fully saturated rings. The summed E-state index contributed by atoms with van der Waals surface area (Å²) < 4.78 is 0. The Labute approximate surface area is 79.8 Å². The van der Waals surface area contributed by atoms with Gasteiger partial charge >= 0.3 is 0 Å². The summed E-state index contributed by atoms with van der Waals surface area (Å²) in [6, 6.07) is 0. The highest BCUT2D eigenvalue weighted by Crippen LogP contribution is 2.37. The van der Waals surface area contributed by atoms with E-state index in [4.69, 9.17) is 0 Å². The molecular weight excluding hydrogens is 160 g/mol. The molecule has 1 rings (SSSR count). The van der Waals surface area contributed by atoms with E-state index in [0.29, 0.717) is 0 Å². The first-order valence-corrected chi connectivity index (χ1v) is 4.57. The van der Waals surface area contributed by atoms with Crippen LogP contribution in [0.4, 0.5) is 0 Å². The van der Waals surface area contributed by atoms with Crippen molar-refractivity contribution in [2.75, 3.05) is 0 Å². The molecule has 0 saturated carbocycles. The predicted octanol–water partition coefficient (Wildman–Crippen LogP) is 3.04. The van der Waals surface area contributed by atoms with E-state index in [2.05, 4.69) is 32.9 Å². The summed E-state index contributed by atoms with van der Waals surface area (Å²) in [6.45, 7) is 6.48. The zero-order chi connectivity index (χ0) is 9.90. The number of allylic oxidation sites excluding steroid dienone is 6. The smallest absolute Gasteiger partial charge is 0.142 e. The number of hydrogen-bond donors (Lipinski definition) is 0. The van der Waals surface area contributed by atoms with Gasteiger partial charge in [-0.05, 0) is 36.0 Å². The van der Waals surface area contributed by atoms with Crippen LogP contribution in [0.5, 0.6) is 0 Å². The van der Waals surface area contributed by atoms with Crippen molar-refractivity contribution in [1.29, 1.82) is 0 Å². The van der Waals surface area contributed by atoms with Crippen molar-refractivity contribution in [3.05, 3.63) is 35.5 Å². The van der Waals surface area contributed by atoms with Gasteiger partial charge in [-0.2, -0.15) is 0 Å². The summed E-state index contributed by atoms with van der Waals surface area (Å²) in [6.07, 6.45) is 9.67. The normalized spacial score (nSPS) is 21.2. The molecule has 0 amide bonds. The zero-order valence-corrected chi connectivity index (χ0v) is 8.50. The van der Waals surface area contributed by atoms with Gasteiger partial charge in [0.2, 0.25) is 0 Å². The van der Waals surface area contributed by atoms with Crippen molar-refractivity contribution < 1.29 is 4.79 Å². The van der Waals surface area contributed by atoms with E-state index in [1.165, 1.54) is 11.1 Å². The van der Waals surface area contributed by atoms with E-state index in [9.17, 15) is 4.79 Å². The molecule has 1 nitrogen and oxygen atoms in total. The monoisotopic (exact) mass is 176 g/mol. The Kier molecular flexibility index (Phi) is 2.86. The summed E-state index contributed by atoms with van der Waals surface area (Å²) in [5.41, 5.74) is 2.69. The third-order valence-corrected chi connectivity index (χ3v) is 2.49. The van der Waals surface area contributed by atoms with E-state index in [-0.39, 0.29) is 5.41 Å². The third-order valence-electron chi connectivity index (χ3n) is 2.49. The lowest BCUT2D eigenvalue weighted by atomic mass is 9.75. The summed E-state index contributed by atoms with van der Waals surface area (Å²) in [5.74, 6) is 0. The Morgan fingerprint density at radius 3 is 2.69 bits per heavy atom. The van der Waals surface area contributed by atoms with Crippen molar-refractivity contribution in [2.45, 2.75) is 27.2 Å². The number of rotatable bonds is 2. The average molecular weight is 176 g/mol. The molecule has 0 heterocycles. The van der Waals surface area contributed by atoms with Crippen LogP contribution in [0.25, 0.3) is 0 Å². The quantitative estimate of drug-likeness (QED) is 0.467. The number of carbonyl (C=O) groups excluding carboxylic acids is 1. The van der Waals surface area contributed by atoms with Gasteiger partial charge in [0.1, 0.15) is 6.29 Å². The van der Waals surface area contributed by atoms with Crippen LogP contribution < -0.4 is 0 Å². The fourth-order valence-corrected chi connectivity index (χ4v) is 1.76. The molecular formula is C12H16O. The topological polar surface area (TPSA) is 17.1 Å². The molecule has 0 N–H and O–H groups in total. The molecule has 13 heavy (non-hydrogen) atoms. The molecule has 0 spiro atoms. The van der Waals surface area contributed by atoms with Crippen LogP contribution in [-0.4, -0.2) is 6.29 Å². The largest absolute Gasteiger partial charge is 0.299 e. The minimum atomic E-state index is 0.165. The Balaban J connectivity index is 3.04. The summed E-state index contributed by atoms with van der Waals surface area (Å²) in [7, 11) is 0. The van der Waals surface area contributed by atoms with E-state index < -0.39 is 0 Å². The third kappa shape index (κ3) is 2.18. The Morgan fingerprint density at radius 1 is 1.46 bits per heavy atom. The van der Waals surface area contributed by atoms with Crippen LogP contribution in [-0.2, 0) is 4.79 Å². The van der Waals surface area contributed by atoms with Gasteiger partial charge in [0.25, 0.3) is 0 Å². The fourth-order valence-electron chi connectivity index (χ4n) is 1.76. The molecule has 0 atom stereocenters. The second-order valence-electron chi connectivity index (χ2n) is 4.08. The molecule has 0 radical (unpaired) electrons. The van der Waals surface area contributed by atoms with Gasteiger partial charge in [0.15, 0.2) is 0 Å². The van der Waals surface area contributed by atoms with Crippen molar-refractivity contribution >= 4 is 6.29 Å². The molecule has 0 saturated heterocycles. The summed E-state index contributed by atoms with van der Waals surface area (Å²) >= 11 is 0. The Morgan fingerprint density at radius 2 is 2.15 bits per heavy atom. The van der Waals surface area contributed by atoms with Gasteiger partial charge in [-0.3, -0.25) is 4.79 Å². The molecule has 0 aliphatic heterocycles. The van der Waals surface area contributed by atoms with E-state index in [0.717, 1.165) is 12.7 Å². The highest BCUT2D eigenvalue weighted by Gasteiger charge is 2.23. The standard InChI is InChI=1S/C12H16O/c1-10-6-4-8-12(2,3)11(10)7-5-9-13/h4-7,9H,8H2,1-3H3/b7-5+. The van der Waals surface area contributed by atoms with Gasteiger partial charge in [0.05, 0.1) is 0 Å². The van der Waals surface area contributed by atoms with Crippen molar-refractivity contribution in [2.24, 2.45) is 5.41 Å². The van der Waals surface area contributed by atoms with Crippen LogP contribution in [0, 0.1) is 5.41 Å². The highest BCUT2D eigenvalue weighted by molar-refractivity contribution is 5.66. The molecule has 0 unspecified atom stereocenters. The van der Waals surface area contributed by atoms with Crippen LogP contribution in [0.3, 0.4) is 0 Å². The van der Waals surface area contributed by atoms with E-state index >= 15 is 0 Å². The van der Waals surface area contributed by atoms with Crippen LogP contribution in [0.1, 0.15) is 27.2 Å². The first-order valence-electron chi connectivity index (χ1n) is 4.57. The number of aldehydes is 1. The molecule has 70 valence electrons. The van der Waals surface area contributed by atoms with Gasteiger partial charge < -0.3 is 0 Å². The maximum Gasteiger partial charge on any atom is 0.142 e. The Bertz CT molecular complexity index is 290. The molecule has 0 aromatic heterocycles. The van der Waals surface area contributed by atoms with Crippen LogP contribution in [0.2, 0.25) is 0 Å². The van der Waals surface area contributed by atoms with Gasteiger partial charge in [-0.1, -0.05) is 32.1 Å². The summed E-state index contributed by atoms with van der Waals surface area (Å²) in [5, 5.41) is 0.